The third-order valence-electron chi connectivity index (χ3n) is 5.24. The Hall–Kier alpha value is -2.49. The lowest BCUT2D eigenvalue weighted by molar-refractivity contribution is 0.0937. The normalized spacial score (nSPS) is 14.3. The van der Waals surface area contributed by atoms with Gasteiger partial charge in [-0.15, -0.1) is 0 Å². The van der Waals surface area contributed by atoms with E-state index in [9.17, 15) is 4.79 Å². The molecule has 150 valence electrons. The van der Waals surface area contributed by atoms with Gasteiger partial charge < -0.3 is 14.8 Å². The summed E-state index contributed by atoms with van der Waals surface area (Å²) in [5, 5.41) is 3.15. The van der Waals surface area contributed by atoms with E-state index >= 15 is 0 Å². The van der Waals surface area contributed by atoms with Gasteiger partial charge in [-0.1, -0.05) is 44.9 Å². The van der Waals surface area contributed by atoms with Gasteiger partial charge in [0.1, 0.15) is 18.1 Å². The van der Waals surface area contributed by atoms with Crippen molar-refractivity contribution in [1.82, 2.24) is 5.32 Å². The van der Waals surface area contributed by atoms with Crippen LogP contribution in [0.3, 0.4) is 0 Å². The third kappa shape index (κ3) is 5.06. The lowest BCUT2D eigenvalue weighted by Gasteiger charge is -2.17. The zero-order chi connectivity index (χ0) is 19.9. The van der Waals surface area contributed by atoms with Crippen LogP contribution in [0.25, 0.3) is 0 Å². The standard InChI is InChI=1S/C24H31NO3/c1-4-27-22-14-13-18(24(26)25-20-9-5-6-10-20)15-19(22)16-28-23-12-8-7-11-21(23)17(2)3/h7-8,11-15,17,20H,4-6,9-10,16H2,1-3H3,(H,25,26). The second kappa shape index (κ2) is 9.63. The molecular formula is C24H31NO3. The zero-order valence-electron chi connectivity index (χ0n) is 17.2. The molecule has 2 aromatic carbocycles. The summed E-state index contributed by atoms with van der Waals surface area (Å²) in [5.41, 5.74) is 2.72. The van der Waals surface area contributed by atoms with Crippen LogP contribution in [0.4, 0.5) is 0 Å². The van der Waals surface area contributed by atoms with E-state index in [-0.39, 0.29) is 5.91 Å². The molecule has 1 saturated carbocycles. The first-order valence-electron chi connectivity index (χ1n) is 10.4. The van der Waals surface area contributed by atoms with Crippen LogP contribution < -0.4 is 14.8 Å². The summed E-state index contributed by atoms with van der Waals surface area (Å²) >= 11 is 0. The maximum absolute atomic E-state index is 12.6. The smallest absolute Gasteiger partial charge is 0.251 e. The van der Waals surface area contributed by atoms with E-state index in [2.05, 4.69) is 25.2 Å². The maximum atomic E-state index is 12.6. The number of carbonyl (C=O) groups excluding carboxylic acids is 1. The molecule has 1 amide bonds. The van der Waals surface area contributed by atoms with E-state index in [0.29, 0.717) is 30.7 Å². The van der Waals surface area contributed by atoms with Crippen LogP contribution in [-0.4, -0.2) is 18.6 Å². The van der Waals surface area contributed by atoms with E-state index in [1.807, 2.05) is 43.3 Å². The lowest BCUT2D eigenvalue weighted by atomic mass is 10.0. The average molecular weight is 382 g/mol. The van der Waals surface area contributed by atoms with Crippen LogP contribution in [0.2, 0.25) is 0 Å². The Labute approximate surface area is 168 Å². The van der Waals surface area contributed by atoms with Crippen LogP contribution in [0.15, 0.2) is 42.5 Å². The molecule has 0 heterocycles. The summed E-state index contributed by atoms with van der Waals surface area (Å²) in [7, 11) is 0. The van der Waals surface area contributed by atoms with Crippen molar-refractivity contribution in [2.45, 2.75) is 65.0 Å². The molecule has 3 rings (SSSR count). The van der Waals surface area contributed by atoms with Crippen LogP contribution in [0.1, 0.15) is 73.9 Å². The van der Waals surface area contributed by atoms with Gasteiger partial charge in [0.05, 0.1) is 6.61 Å². The fourth-order valence-electron chi connectivity index (χ4n) is 3.71. The van der Waals surface area contributed by atoms with E-state index in [1.54, 1.807) is 0 Å². The third-order valence-corrected chi connectivity index (χ3v) is 5.24. The minimum Gasteiger partial charge on any atom is -0.493 e. The SMILES string of the molecule is CCOc1ccc(C(=O)NC2CCCC2)cc1COc1ccccc1C(C)C. The van der Waals surface area contributed by atoms with Crippen LogP contribution in [0, 0.1) is 0 Å². The highest BCUT2D eigenvalue weighted by atomic mass is 16.5. The van der Waals surface area contributed by atoms with Crippen molar-refractivity contribution in [3.8, 4) is 11.5 Å². The Morgan fingerprint density at radius 3 is 2.54 bits per heavy atom. The first-order valence-corrected chi connectivity index (χ1v) is 10.4. The Balaban J connectivity index is 1.77. The Bertz CT molecular complexity index is 794. The average Bonchev–Trinajstić information content (AvgIpc) is 3.20. The van der Waals surface area contributed by atoms with Gasteiger partial charge in [0.15, 0.2) is 0 Å². The predicted octanol–water partition coefficient (Wildman–Crippen LogP) is 5.46. The lowest BCUT2D eigenvalue weighted by Crippen LogP contribution is -2.32. The topological polar surface area (TPSA) is 47.6 Å². The molecule has 1 aliphatic rings. The van der Waals surface area contributed by atoms with Crippen molar-refractivity contribution in [2.75, 3.05) is 6.61 Å². The summed E-state index contributed by atoms with van der Waals surface area (Å²) in [5.74, 6) is 2.01. The second-order valence-electron chi connectivity index (χ2n) is 7.69. The molecule has 1 aliphatic carbocycles. The highest BCUT2D eigenvalue weighted by Gasteiger charge is 2.19. The van der Waals surface area contributed by atoms with Crippen molar-refractivity contribution in [1.29, 1.82) is 0 Å². The molecule has 0 unspecified atom stereocenters. The first kappa shape index (κ1) is 20.2. The Morgan fingerprint density at radius 1 is 1.07 bits per heavy atom. The number of rotatable bonds is 8. The molecule has 0 aliphatic heterocycles. The fraction of sp³-hybridized carbons (Fsp3) is 0.458. The first-order chi connectivity index (χ1) is 13.6. The summed E-state index contributed by atoms with van der Waals surface area (Å²) in [6.07, 6.45) is 4.54. The van der Waals surface area contributed by atoms with Gasteiger partial charge >= 0.3 is 0 Å². The van der Waals surface area contributed by atoms with Crippen molar-refractivity contribution in [3.63, 3.8) is 0 Å². The molecule has 1 N–H and O–H groups in total. The van der Waals surface area contributed by atoms with Crippen LogP contribution >= 0.6 is 0 Å². The summed E-state index contributed by atoms with van der Waals surface area (Å²) in [6, 6.07) is 14.0. The van der Waals surface area contributed by atoms with E-state index < -0.39 is 0 Å². The minimum atomic E-state index is -0.0150. The van der Waals surface area contributed by atoms with Crippen LogP contribution in [-0.2, 0) is 6.61 Å². The van der Waals surface area contributed by atoms with E-state index in [0.717, 1.165) is 29.9 Å². The fourth-order valence-corrected chi connectivity index (χ4v) is 3.71. The van der Waals surface area contributed by atoms with E-state index in [1.165, 1.54) is 18.4 Å². The Morgan fingerprint density at radius 2 is 1.82 bits per heavy atom. The summed E-state index contributed by atoms with van der Waals surface area (Å²) in [6.45, 7) is 7.20. The van der Waals surface area contributed by atoms with Crippen molar-refractivity contribution in [3.05, 3.63) is 59.2 Å². The maximum Gasteiger partial charge on any atom is 0.251 e. The Kier molecular flexibility index (Phi) is 6.96. The number of benzene rings is 2. The number of carbonyl (C=O) groups is 1. The van der Waals surface area contributed by atoms with Crippen molar-refractivity contribution < 1.29 is 14.3 Å². The summed E-state index contributed by atoms with van der Waals surface area (Å²) < 4.78 is 11.9. The number of hydrogen-bond acceptors (Lipinski definition) is 3. The second-order valence-corrected chi connectivity index (χ2v) is 7.69. The quantitative estimate of drug-likeness (QED) is 0.660. The molecule has 2 aromatic rings. The number of ether oxygens (including phenoxy) is 2. The highest BCUT2D eigenvalue weighted by molar-refractivity contribution is 5.94. The number of amides is 1. The predicted molar refractivity (Wildman–Crippen MR) is 112 cm³/mol. The summed E-state index contributed by atoms with van der Waals surface area (Å²) in [4.78, 5) is 12.6. The van der Waals surface area contributed by atoms with Gasteiger partial charge in [0.25, 0.3) is 5.91 Å². The minimum absolute atomic E-state index is 0.0150. The molecule has 4 heteroatoms. The molecule has 0 spiro atoms. The van der Waals surface area contributed by atoms with Crippen molar-refractivity contribution in [2.24, 2.45) is 0 Å². The van der Waals surface area contributed by atoms with E-state index in [4.69, 9.17) is 9.47 Å². The van der Waals surface area contributed by atoms with Gasteiger partial charge in [-0.05, 0) is 55.5 Å². The number of para-hydroxylation sites is 1. The largest absolute Gasteiger partial charge is 0.493 e. The van der Waals surface area contributed by atoms with Gasteiger partial charge in [0.2, 0.25) is 0 Å². The number of hydrogen-bond donors (Lipinski definition) is 1. The molecule has 28 heavy (non-hydrogen) atoms. The zero-order valence-corrected chi connectivity index (χ0v) is 17.2. The molecule has 0 bridgehead atoms. The monoisotopic (exact) mass is 381 g/mol. The molecular weight excluding hydrogens is 350 g/mol. The molecule has 0 saturated heterocycles. The molecule has 0 atom stereocenters. The van der Waals surface area contributed by atoms with Crippen LogP contribution in [0.5, 0.6) is 11.5 Å². The highest BCUT2D eigenvalue weighted by Crippen LogP contribution is 2.28. The van der Waals surface area contributed by atoms with Gasteiger partial charge in [-0.3, -0.25) is 4.79 Å². The van der Waals surface area contributed by atoms with Gasteiger partial charge in [-0.2, -0.15) is 0 Å². The number of nitrogens with one attached hydrogen (secondary N) is 1. The van der Waals surface area contributed by atoms with Gasteiger partial charge in [0, 0.05) is 17.2 Å². The molecule has 0 aromatic heterocycles. The molecule has 0 radical (unpaired) electrons. The molecule has 4 nitrogen and oxygen atoms in total. The van der Waals surface area contributed by atoms with Crippen molar-refractivity contribution >= 4 is 5.91 Å². The molecule has 1 fully saturated rings. The van der Waals surface area contributed by atoms with Gasteiger partial charge in [-0.25, -0.2) is 0 Å².